The summed E-state index contributed by atoms with van der Waals surface area (Å²) >= 11 is 1.71. The van der Waals surface area contributed by atoms with Gasteiger partial charge in [0.15, 0.2) is 0 Å². The van der Waals surface area contributed by atoms with Crippen molar-refractivity contribution in [2.24, 2.45) is 0 Å². The van der Waals surface area contributed by atoms with E-state index >= 15 is 0 Å². The minimum Gasteiger partial charge on any atom is -0.497 e. The molecule has 1 saturated heterocycles. The first-order valence-electron chi connectivity index (χ1n) is 9.26. The third-order valence-corrected chi connectivity index (χ3v) is 6.27. The number of carbonyl (C=O) groups is 1. The third kappa shape index (κ3) is 3.30. The van der Waals surface area contributed by atoms with Crippen LogP contribution in [-0.2, 0) is 0 Å². The van der Waals surface area contributed by atoms with Gasteiger partial charge in [-0.1, -0.05) is 6.07 Å². The molecule has 2 amide bonds. The molecule has 0 bridgehead atoms. The monoisotopic (exact) mass is 384 g/mol. The summed E-state index contributed by atoms with van der Waals surface area (Å²) in [5, 5.41) is 6.21. The Morgan fingerprint density at radius 3 is 3.00 bits per heavy atom. The summed E-state index contributed by atoms with van der Waals surface area (Å²) in [6.45, 7) is 4.78. The van der Waals surface area contributed by atoms with Crippen LogP contribution in [0.1, 0.15) is 48.0 Å². The van der Waals surface area contributed by atoms with Crippen molar-refractivity contribution in [3.63, 3.8) is 0 Å². The van der Waals surface area contributed by atoms with E-state index in [0.717, 1.165) is 47.4 Å². The lowest BCUT2D eigenvalue weighted by molar-refractivity contribution is 0.189. The highest BCUT2D eigenvalue weighted by Gasteiger charge is 2.32. The maximum Gasteiger partial charge on any atom is 0.318 e. The molecule has 5 nitrogen and oxygen atoms in total. The molecule has 3 aromatic rings. The fraction of sp³-hybridized carbons (Fsp3) is 0.381. The number of thiophene rings is 1. The van der Waals surface area contributed by atoms with Gasteiger partial charge in [0.05, 0.1) is 19.2 Å². The number of methoxy groups -OCH3 is 1. The maximum absolute atomic E-state index is 12.9. The van der Waals surface area contributed by atoms with Gasteiger partial charge in [0, 0.05) is 22.4 Å². The Hall–Kier alpha value is -2.47. The predicted molar refractivity (Wildman–Crippen MR) is 107 cm³/mol. The Kier molecular flexibility index (Phi) is 4.83. The molecule has 1 aliphatic rings. The lowest BCUT2D eigenvalue weighted by Crippen LogP contribution is -2.40. The molecule has 3 heterocycles. The molecule has 27 heavy (non-hydrogen) atoms. The van der Waals surface area contributed by atoms with Crippen LogP contribution in [0.2, 0.25) is 0 Å². The molecule has 1 fully saturated rings. The van der Waals surface area contributed by atoms with E-state index in [2.05, 4.69) is 16.8 Å². The number of ether oxygens (including phenoxy) is 1. The van der Waals surface area contributed by atoms with Gasteiger partial charge < -0.3 is 19.4 Å². The number of benzene rings is 1. The van der Waals surface area contributed by atoms with Crippen LogP contribution in [0.25, 0.3) is 11.0 Å². The molecule has 0 aliphatic carbocycles. The van der Waals surface area contributed by atoms with Gasteiger partial charge in [-0.3, -0.25) is 0 Å². The zero-order valence-corrected chi connectivity index (χ0v) is 16.6. The smallest absolute Gasteiger partial charge is 0.318 e. The number of nitrogens with one attached hydrogen (secondary N) is 1. The second-order valence-corrected chi connectivity index (χ2v) is 7.97. The molecule has 142 valence electrons. The normalized spacial score (nSPS) is 18.0. The van der Waals surface area contributed by atoms with Crippen molar-refractivity contribution in [3.8, 4) is 5.75 Å². The van der Waals surface area contributed by atoms with Crippen molar-refractivity contribution in [2.75, 3.05) is 13.7 Å². The molecule has 2 atom stereocenters. The van der Waals surface area contributed by atoms with E-state index in [0.29, 0.717) is 0 Å². The van der Waals surface area contributed by atoms with Crippen molar-refractivity contribution < 1.29 is 13.9 Å². The van der Waals surface area contributed by atoms with Gasteiger partial charge in [-0.2, -0.15) is 0 Å². The number of hydrogen-bond donors (Lipinski definition) is 1. The molecule has 0 radical (unpaired) electrons. The summed E-state index contributed by atoms with van der Waals surface area (Å²) < 4.78 is 11.3. The number of likely N-dealkylation sites (tertiary alicyclic amines) is 1. The number of fused-ring (bicyclic) bond motifs is 1. The van der Waals surface area contributed by atoms with E-state index in [1.807, 2.05) is 43.0 Å². The second-order valence-electron chi connectivity index (χ2n) is 6.99. The zero-order chi connectivity index (χ0) is 19.0. The number of rotatable bonds is 4. The van der Waals surface area contributed by atoms with Gasteiger partial charge >= 0.3 is 6.03 Å². The molecule has 0 saturated carbocycles. The first-order valence-corrected chi connectivity index (χ1v) is 10.1. The summed E-state index contributed by atoms with van der Waals surface area (Å²) in [6, 6.07) is 9.86. The number of hydrogen-bond acceptors (Lipinski definition) is 4. The van der Waals surface area contributed by atoms with Crippen molar-refractivity contribution >= 4 is 28.3 Å². The molecule has 6 heteroatoms. The highest BCUT2D eigenvalue weighted by atomic mass is 32.1. The van der Waals surface area contributed by atoms with Crippen LogP contribution in [0, 0.1) is 6.92 Å². The van der Waals surface area contributed by atoms with Crippen molar-refractivity contribution in [1.29, 1.82) is 0 Å². The van der Waals surface area contributed by atoms with E-state index in [4.69, 9.17) is 9.15 Å². The van der Waals surface area contributed by atoms with Gasteiger partial charge in [0.2, 0.25) is 0 Å². The number of urea groups is 1. The average Bonchev–Trinajstić information content (AvgIpc) is 3.41. The van der Waals surface area contributed by atoms with E-state index in [-0.39, 0.29) is 18.1 Å². The number of nitrogens with zero attached hydrogens (tertiary/aromatic N) is 1. The average molecular weight is 385 g/mol. The Morgan fingerprint density at radius 1 is 1.41 bits per heavy atom. The van der Waals surface area contributed by atoms with Crippen LogP contribution in [0.5, 0.6) is 5.75 Å². The van der Waals surface area contributed by atoms with Crippen molar-refractivity contribution in [2.45, 2.75) is 38.8 Å². The van der Waals surface area contributed by atoms with E-state index in [9.17, 15) is 4.79 Å². The largest absolute Gasteiger partial charge is 0.497 e. The van der Waals surface area contributed by atoms with Crippen LogP contribution < -0.4 is 10.1 Å². The second kappa shape index (κ2) is 7.27. The lowest BCUT2D eigenvalue weighted by atomic mass is 10.1. The molecule has 0 spiro atoms. The molecular formula is C21H24N2O3S. The molecule has 1 aliphatic heterocycles. The predicted octanol–water partition coefficient (Wildman–Crippen LogP) is 5.42. The highest BCUT2D eigenvalue weighted by Crippen LogP contribution is 2.35. The fourth-order valence-electron chi connectivity index (χ4n) is 3.88. The minimum atomic E-state index is -0.208. The Bertz CT molecular complexity index is 948. The Labute approximate surface area is 162 Å². The summed E-state index contributed by atoms with van der Waals surface area (Å²) in [6.07, 6.45) is 2.06. The molecule has 1 aromatic carbocycles. The van der Waals surface area contributed by atoms with Gasteiger partial charge in [-0.05, 0) is 56.3 Å². The standard InChI is InChI=1S/C21H24N2O3S/c1-13-16-12-15(25-3)8-9-18(16)26-20(13)14(2)22-21(24)23-10-4-6-17(23)19-7-5-11-27-19/h5,7-9,11-12,14,17H,4,6,10H2,1-3H3,(H,22,24). The Morgan fingerprint density at radius 2 is 2.26 bits per heavy atom. The maximum atomic E-state index is 12.9. The number of carbonyl (C=O) groups excluding carboxylic acids is 1. The minimum absolute atomic E-state index is 0.0316. The van der Waals surface area contributed by atoms with E-state index in [1.54, 1.807) is 18.4 Å². The van der Waals surface area contributed by atoms with Gasteiger partial charge in [-0.15, -0.1) is 11.3 Å². The van der Waals surface area contributed by atoms with Gasteiger partial charge in [-0.25, -0.2) is 4.79 Å². The van der Waals surface area contributed by atoms with Crippen LogP contribution in [0.4, 0.5) is 4.79 Å². The molecule has 2 unspecified atom stereocenters. The summed E-state index contributed by atoms with van der Waals surface area (Å²) in [5.41, 5.74) is 1.84. The number of furan rings is 1. The van der Waals surface area contributed by atoms with Crippen LogP contribution >= 0.6 is 11.3 Å². The molecule has 1 N–H and O–H groups in total. The number of aryl methyl sites for hydroxylation is 1. The van der Waals surface area contributed by atoms with Gasteiger partial charge in [0.1, 0.15) is 17.1 Å². The fourth-order valence-corrected chi connectivity index (χ4v) is 4.75. The first-order chi connectivity index (χ1) is 13.1. The lowest BCUT2D eigenvalue weighted by Gasteiger charge is -2.26. The topological polar surface area (TPSA) is 54.7 Å². The molecule has 2 aromatic heterocycles. The SMILES string of the molecule is COc1ccc2oc(C(C)NC(=O)N3CCCC3c3cccs3)c(C)c2c1. The van der Waals surface area contributed by atoms with E-state index < -0.39 is 0 Å². The van der Waals surface area contributed by atoms with Gasteiger partial charge in [0.25, 0.3) is 0 Å². The first kappa shape index (κ1) is 17.9. The Balaban J connectivity index is 1.53. The van der Waals surface area contributed by atoms with Crippen molar-refractivity contribution in [3.05, 3.63) is 51.9 Å². The number of amides is 2. The molecular weight excluding hydrogens is 360 g/mol. The summed E-state index contributed by atoms with van der Waals surface area (Å²) in [5.74, 6) is 1.59. The van der Waals surface area contributed by atoms with Crippen molar-refractivity contribution in [1.82, 2.24) is 10.2 Å². The summed E-state index contributed by atoms with van der Waals surface area (Å²) in [7, 11) is 1.65. The van der Waals surface area contributed by atoms with Crippen LogP contribution in [0.3, 0.4) is 0 Å². The van der Waals surface area contributed by atoms with E-state index in [1.165, 1.54) is 4.88 Å². The quantitative estimate of drug-likeness (QED) is 0.653. The highest BCUT2D eigenvalue weighted by molar-refractivity contribution is 7.10. The summed E-state index contributed by atoms with van der Waals surface area (Å²) in [4.78, 5) is 16.1. The molecule has 4 rings (SSSR count). The zero-order valence-electron chi connectivity index (χ0n) is 15.8. The van der Waals surface area contributed by atoms with Crippen LogP contribution in [-0.4, -0.2) is 24.6 Å². The van der Waals surface area contributed by atoms with Crippen LogP contribution in [0.15, 0.2) is 40.1 Å². The third-order valence-electron chi connectivity index (χ3n) is 5.30.